The molecule has 0 fully saturated rings. The Morgan fingerprint density at radius 1 is 1.22 bits per heavy atom. The van der Waals surface area contributed by atoms with Gasteiger partial charge in [-0.3, -0.25) is 4.98 Å². The van der Waals surface area contributed by atoms with Crippen molar-refractivity contribution in [1.29, 1.82) is 0 Å². The number of methoxy groups -OCH3 is 2. The molecule has 0 amide bonds. The Bertz CT molecular complexity index is 834. The van der Waals surface area contributed by atoms with Crippen molar-refractivity contribution >= 4 is 22.6 Å². The van der Waals surface area contributed by atoms with E-state index >= 15 is 0 Å². The average Bonchev–Trinajstić information content (AvgIpc) is 2.98. The minimum Gasteiger partial charge on any atom is -0.495 e. The molecular formula is C16H15ClN2O4. The summed E-state index contributed by atoms with van der Waals surface area (Å²) in [6.07, 6.45) is 0.561. The number of ether oxygens (including phenoxy) is 3. The quantitative estimate of drug-likeness (QED) is 0.696. The fourth-order valence-corrected chi connectivity index (χ4v) is 2.44. The van der Waals surface area contributed by atoms with Crippen LogP contribution in [0.3, 0.4) is 0 Å². The van der Waals surface area contributed by atoms with Gasteiger partial charge >= 0.3 is 0 Å². The lowest BCUT2D eigenvalue weighted by atomic mass is 10.2. The van der Waals surface area contributed by atoms with E-state index in [4.69, 9.17) is 25.8 Å². The minimum atomic E-state index is -1.04. The number of H-pyrrole nitrogens is 1. The number of aromatic nitrogens is 2. The fraction of sp³-hybridized carbons (Fsp3) is 0.188. The average molecular weight is 335 g/mol. The van der Waals surface area contributed by atoms with Gasteiger partial charge in [0.05, 0.1) is 23.2 Å². The molecule has 7 heteroatoms. The van der Waals surface area contributed by atoms with Crippen molar-refractivity contribution in [2.75, 3.05) is 14.2 Å². The molecule has 1 aromatic carbocycles. The van der Waals surface area contributed by atoms with Crippen LogP contribution >= 0.6 is 11.6 Å². The van der Waals surface area contributed by atoms with Crippen LogP contribution in [0.15, 0.2) is 36.5 Å². The van der Waals surface area contributed by atoms with Gasteiger partial charge in [-0.2, -0.15) is 0 Å². The molecule has 2 N–H and O–H groups in total. The molecule has 0 aliphatic rings. The van der Waals surface area contributed by atoms with Gasteiger partial charge in [-0.25, -0.2) is 0 Å². The second-order valence-corrected chi connectivity index (χ2v) is 5.19. The highest BCUT2D eigenvalue weighted by Crippen LogP contribution is 2.33. The van der Waals surface area contributed by atoms with Gasteiger partial charge in [0.15, 0.2) is 12.2 Å². The first-order valence-corrected chi connectivity index (χ1v) is 7.20. The van der Waals surface area contributed by atoms with Crippen LogP contribution in [0, 0.1) is 0 Å². The van der Waals surface area contributed by atoms with Crippen LogP contribution in [0.5, 0.6) is 17.4 Å². The molecule has 23 heavy (non-hydrogen) atoms. The largest absolute Gasteiger partial charge is 0.495 e. The Morgan fingerprint density at radius 2 is 2.04 bits per heavy atom. The molecule has 2 aromatic heterocycles. The number of aliphatic hydroxyl groups is 1. The summed E-state index contributed by atoms with van der Waals surface area (Å²) in [6, 6.07) is 8.53. The molecule has 0 aliphatic carbocycles. The lowest BCUT2D eigenvalue weighted by Crippen LogP contribution is -2.00. The van der Waals surface area contributed by atoms with Gasteiger partial charge in [0.25, 0.3) is 0 Å². The van der Waals surface area contributed by atoms with Crippen LogP contribution in [0.1, 0.15) is 11.9 Å². The molecule has 3 aromatic rings. The number of benzene rings is 1. The van der Waals surface area contributed by atoms with E-state index in [1.54, 1.807) is 36.5 Å². The van der Waals surface area contributed by atoms with E-state index < -0.39 is 6.29 Å². The third-order valence-corrected chi connectivity index (χ3v) is 3.68. The highest BCUT2D eigenvalue weighted by Gasteiger charge is 2.14. The Labute approximate surface area is 137 Å². The molecule has 0 radical (unpaired) electrons. The Morgan fingerprint density at radius 3 is 2.78 bits per heavy atom. The third-order valence-electron chi connectivity index (χ3n) is 3.37. The van der Waals surface area contributed by atoms with Crippen LogP contribution in [0.2, 0.25) is 5.02 Å². The lowest BCUT2D eigenvalue weighted by Gasteiger charge is -2.09. The number of hydrogen-bond donors (Lipinski definition) is 2. The zero-order valence-corrected chi connectivity index (χ0v) is 13.3. The minimum absolute atomic E-state index is 0.479. The first-order chi connectivity index (χ1) is 11.1. The van der Waals surface area contributed by atoms with Crippen molar-refractivity contribution in [2.45, 2.75) is 6.29 Å². The molecule has 0 bridgehead atoms. The number of nitrogens with zero attached hydrogens (tertiary/aromatic N) is 1. The smallest absolute Gasteiger partial charge is 0.200 e. The van der Waals surface area contributed by atoms with Gasteiger partial charge < -0.3 is 24.3 Å². The Kier molecular flexibility index (Phi) is 4.38. The molecule has 0 aliphatic heterocycles. The van der Waals surface area contributed by atoms with Crippen LogP contribution in [0.25, 0.3) is 11.0 Å². The number of nitrogens with one attached hydrogen (secondary N) is 1. The van der Waals surface area contributed by atoms with Crippen LogP contribution in [-0.2, 0) is 4.74 Å². The van der Waals surface area contributed by atoms with Gasteiger partial charge in [-0.05, 0) is 18.2 Å². The first-order valence-electron chi connectivity index (χ1n) is 6.82. The van der Waals surface area contributed by atoms with Gasteiger partial charge in [-0.1, -0.05) is 11.6 Å². The maximum Gasteiger partial charge on any atom is 0.200 e. The van der Waals surface area contributed by atoms with Crippen molar-refractivity contribution in [3.63, 3.8) is 0 Å². The summed E-state index contributed by atoms with van der Waals surface area (Å²) in [7, 11) is 2.97. The maximum absolute atomic E-state index is 9.88. The summed E-state index contributed by atoms with van der Waals surface area (Å²) in [5.41, 5.74) is 1.90. The lowest BCUT2D eigenvalue weighted by molar-refractivity contribution is -0.0760. The predicted octanol–water partition coefficient (Wildman–Crippen LogP) is 3.65. The maximum atomic E-state index is 9.88. The van der Waals surface area contributed by atoms with Gasteiger partial charge in [0, 0.05) is 31.0 Å². The monoisotopic (exact) mass is 334 g/mol. The van der Waals surface area contributed by atoms with Crippen molar-refractivity contribution < 1.29 is 19.3 Å². The van der Waals surface area contributed by atoms with E-state index in [0.717, 1.165) is 0 Å². The second kappa shape index (κ2) is 6.45. The highest BCUT2D eigenvalue weighted by molar-refractivity contribution is 6.32. The summed E-state index contributed by atoms with van der Waals surface area (Å²) >= 11 is 6.00. The van der Waals surface area contributed by atoms with E-state index in [-0.39, 0.29) is 0 Å². The predicted molar refractivity (Wildman–Crippen MR) is 86.1 cm³/mol. The van der Waals surface area contributed by atoms with E-state index in [9.17, 15) is 5.11 Å². The van der Waals surface area contributed by atoms with Crippen LogP contribution in [0.4, 0.5) is 0 Å². The second-order valence-electron chi connectivity index (χ2n) is 4.78. The SMILES string of the molecule is COc1cc(Oc2cc3nccc(C(O)OC)c3[nH]2)ccc1Cl. The van der Waals surface area contributed by atoms with Gasteiger partial charge in [-0.15, -0.1) is 0 Å². The summed E-state index contributed by atoms with van der Waals surface area (Å²) < 4.78 is 15.9. The first kappa shape index (κ1) is 15.6. The number of aliphatic hydroxyl groups excluding tert-OH is 1. The molecule has 0 saturated heterocycles. The Balaban J connectivity index is 1.95. The molecule has 1 atom stereocenters. The molecule has 0 saturated carbocycles. The molecule has 0 spiro atoms. The number of hydrogen-bond acceptors (Lipinski definition) is 5. The summed E-state index contributed by atoms with van der Waals surface area (Å²) in [6.45, 7) is 0. The molecule has 1 unspecified atom stereocenters. The number of halogens is 1. The summed E-state index contributed by atoms with van der Waals surface area (Å²) in [4.78, 5) is 7.33. The topological polar surface area (TPSA) is 76.6 Å². The van der Waals surface area contributed by atoms with Crippen molar-refractivity contribution in [3.05, 3.63) is 47.1 Å². The van der Waals surface area contributed by atoms with E-state index in [1.165, 1.54) is 14.2 Å². The molecular weight excluding hydrogens is 320 g/mol. The number of aromatic amines is 1. The van der Waals surface area contributed by atoms with Crippen LogP contribution < -0.4 is 9.47 Å². The molecule has 2 heterocycles. The molecule has 3 rings (SSSR count). The molecule has 120 valence electrons. The normalized spacial score (nSPS) is 12.3. The summed E-state index contributed by atoms with van der Waals surface area (Å²) in [5.74, 6) is 1.56. The highest BCUT2D eigenvalue weighted by atomic mass is 35.5. The molecule has 6 nitrogen and oxygen atoms in total. The van der Waals surface area contributed by atoms with Gasteiger partial charge in [0.2, 0.25) is 0 Å². The van der Waals surface area contributed by atoms with Crippen LogP contribution in [-0.4, -0.2) is 29.3 Å². The van der Waals surface area contributed by atoms with E-state index in [2.05, 4.69) is 9.97 Å². The van der Waals surface area contributed by atoms with E-state index in [0.29, 0.717) is 39.0 Å². The Hall–Kier alpha value is -2.28. The third kappa shape index (κ3) is 3.10. The zero-order chi connectivity index (χ0) is 16.4. The number of fused-ring (bicyclic) bond motifs is 1. The standard InChI is InChI=1S/C16H15ClN2O4/c1-21-13-7-9(3-4-11(13)17)23-14-8-12-15(19-14)10(5-6-18-12)16(20)22-2/h3-8,16,19-20H,1-2H3. The number of pyridine rings is 1. The van der Waals surface area contributed by atoms with Crippen molar-refractivity contribution in [1.82, 2.24) is 9.97 Å². The van der Waals surface area contributed by atoms with Crippen molar-refractivity contribution in [3.8, 4) is 17.4 Å². The summed E-state index contributed by atoms with van der Waals surface area (Å²) in [5, 5.41) is 10.4. The van der Waals surface area contributed by atoms with Gasteiger partial charge in [0.1, 0.15) is 11.5 Å². The number of rotatable bonds is 5. The van der Waals surface area contributed by atoms with E-state index in [1.807, 2.05) is 0 Å². The fourth-order valence-electron chi connectivity index (χ4n) is 2.24. The van der Waals surface area contributed by atoms with Crippen molar-refractivity contribution in [2.24, 2.45) is 0 Å². The zero-order valence-electron chi connectivity index (χ0n) is 12.5.